The van der Waals surface area contributed by atoms with E-state index < -0.39 is 15.8 Å². The monoisotopic (exact) mass is 408 g/mol. The van der Waals surface area contributed by atoms with Gasteiger partial charge in [-0.3, -0.25) is 4.79 Å². The van der Waals surface area contributed by atoms with Gasteiger partial charge in [-0.25, -0.2) is 12.8 Å². The summed E-state index contributed by atoms with van der Waals surface area (Å²) in [6.45, 7) is 0.884. The third kappa shape index (κ3) is 4.74. The van der Waals surface area contributed by atoms with Gasteiger partial charge in [-0.05, 0) is 42.0 Å². The van der Waals surface area contributed by atoms with E-state index in [0.717, 1.165) is 11.6 Å². The highest BCUT2D eigenvalue weighted by Crippen LogP contribution is 2.19. The Hall–Kier alpha value is -2.22. The number of carbonyl (C=O) groups is 1. The number of hydrogen-bond acceptors (Lipinski definition) is 3. The quantitative estimate of drug-likeness (QED) is 0.731. The van der Waals surface area contributed by atoms with Gasteiger partial charge >= 0.3 is 0 Å². The number of nitrogens with zero attached hydrogens (tertiary/aromatic N) is 2. The van der Waals surface area contributed by atoms with E-state index in [1.165, 1.54) is 28.6 Å². The number of halogens is 2. The molecule has 1 heterocycles. The number of carbonyl (C=O) groups excluding carboxylic acids is 1. The lowest BCUT2D eigenvalue weighted by Gasteiger charge is -2.33. The van der Waals surface area contributed by atoms with Crippen LogP contribution in [0.4, 0.5) is 4.39 Å². The number of rotatable bonds is 4. The van der Waals surface area contributed by atoms with Gasteiger partial charge in [-0.15, -0.1) is 0 Å². The van der Waals surface area contributed by atoms with Crippen molar-refractivity contribution in [3.05, 3.63) is 71.0 Å². The first-order valence-electron chi connectivity index (χ1n) is 8.34. The van der Waals surface area contributed by atoms with Crippen molar-refractivity contribution in [3.8, 4) is 0 Å². The summed E-state index contributed by atoms with van der Waals surface area (Å²) in [7, 11) is -3.77. The molecule has 0 aromatic heterocycles. The van der Waals surface area contributed by atoms with E-state index in [2.05, 4.69) is 0 Å². The summed E-state index contributed by atoms with van der Waals surface area (Å²) < 4.78 is 39.8. The van der Waals surface area contributed by atoms with Gasteiger partial charge in [0.25, 0.3) is 0 Å². The highest BCUT2D eigenvalue weighted by Gasteiger charge is 2.29. The molecule has 1 aliphatic heterocycles. The van der Waals surface area contributed by atoms with E-state index in [0.29, 0.717) is 5.02 Å². The fraction of sp³-hybridized carbons (Fsp3) is 0.211. The average molecular weight is 409 g/mol. The molecule has 1 aliphatic rings. The van der Waals surface area contributed by atoms with Gasteiger partial charge in [0.05, 0.1) is 4.90 Å². The van der Waals surface area contributed by atoms with Crippen LogP contribution in [0.5, 0.6) is 0 Å². The van der Waals surface area contributed by atoms with Gasteiger partial charge < -0.3 is 4.90 Å². The fourth-order valence-electron chi connectivity index (χ4n) is 2.77. The Labute approximate surface area is 162 Å². The van der Waals surface area contributed by atoms with Gasteiger partial charge in [0, 0.05) is 37.3 Å². The lowest BCUT2D eigenvalue weighted by Crippen LogP contribution is -2.50. The summed E-state index contributed by atoms with van der Waals surface area (Å²) in [5.74, 6) is -0.787. The Morgan fingerprint density at radius 3 is 2.33 bits per heavy atom. The molecule has 1 amide bonds. The van der Waals surface area contributed by atoms with E-state index in [9.17, 15) is 17.6 Å². The molecule has 0 saturated carbocycles. The summed E-state index contributed by atoms with van der Waals surface area (Å²) in [5, 5.41) is 0.620. The Kier molecular flexibility index (Phi) is 5.94. The first kappa shape index (κ1) is 19.5. The number of benzene rings is 2. The maximum absolute atomic E-state index is 13.3. The molecular formula is C19H18ClFN2O3S. The van der Waals surface area contributed by atoms with Crippen molar-refractivity contribution in [2.24, 2.45) is 0 Å². The largest absolute Gasteiger partial charge is 0.337 e. The molecule has 0 N–H and O–H groups in total. The highest BCUT2D eigenvalue weighted by atomic mass is 35.5. The zero-order chi connectivity index (χ0) is 19.4. The molecule has 0 aliphatic carbocycles. The molecule has 0 bridgehead atoms. The second-order valence-electron chi connectivity index (χ2n) is 6.07. The minimum atomic E-state index is -3.77. The van der Waals surface area contributed by atoms with Crippen molar-refractivity contribution >= 4 is 33.6 Å². The molecule has 5 nitrogen and oxygen atoms in total. The SMILES string of the molecule is O=C(/C=C/c1ccc(Cl)cc1)N1CCN(S(=O)(=O)c2cccc(F)c2)CC1. The fourth-order valence-corrected chi connectivity index (χ4v) is 4.35. The third-order valence-corrected chi connectivity index (χ3v) is 6.42. The Morgan fingerprint density at radius 1 is 1.04 bits per heavy atom. The maximum Gasteiger partial charge on any atom is 0.246 e. The van der Waals surface area contributed by atoms with Gasteiger partial charge in [0.15, 0.2) is 0 Å². The number of sulfonamides is 1. The molecule has 0 spiro atoms. The zero-order valence-electron chi connectivity index (χ0n) is 14.4. The van der Waals surface area contributed by atoms with Crippen molar-refractivity contribution < 1.29 is 17.6 Å². The summed E-state index contributed by atoms with van der Waals surface area (Å²) >= 11 is 5.83. The highest BCUT2D eigenvalue weighted by molar-refractivity contribution is 7.89. The van der Waals surface area contributed by atoms with Crippen LogP contribution in [0.1, 0.15) is 5.56 Å². The molecule has 0 atom stereocenters. The van der Waals surface area contributed by atoms with Crippen molar-refractivity contribution in [3.63, 3.8) is 0 Å². The summed E-state index contributed by atoms with van der Waals surface area (Å²) in [6, 6.07) is 12.0. The second-order valence-corrected chi connectivity index (χ2v) is 8.45. The number of piperazine rings is 1. The third-order valence-electron chi connectivity index (χ3n) is 4.27. The van der Waals surface area contributed by atoms with E-state index in [4.69, 9.17) is 11.6 Å². The van der Waals surface area contributed by atoms with Crippen LogP contribution in [0.2, 0.25) is 5.02 Å². The summed E-state index contributed by atoms with van der Waals surface area (Å²) in [4.78, 5) is 13.8. The summed E-state index contributed by atoms with van der Waals surface area (Å²) in [5.41, 5.74) is 0.847. The predicted molar refractivity (Wildman–Crippen MR) is 102 cm³/mol. The molecule has 3 rings (SSSR count). The first-order chi connectivity index (χ1) is 12.9. The molecule has 0 radical (unpaired) electrons. The van der Waals surface area contributed by atoms with Crippen molar-refractivity contribution in [2.45, 2.75) is 4.90 Å². The lowest BCUT2D eigenvalue weighted by molar-refractivity contribution is -0.127. The number of hydrogen-bond donors (Lipinski definition) is 0. The van der Waals surface area contributed by atoms with Crippen LogP contribution < -0.4 is 0 Å². The molecule has 142 valence electrons. The first-order valence-corrected chi connectivity index (χ1v) is 10.2. The topological polar surface area (TPSA) is 57.7 Å². The molecule has 8 heteroatoms. The molecule has 1 fully saturated rings. The van der Waals surface area contributed by atoms with Crippen molar-refractivity contribution in [1.29, 1.82) is 0 Å². The van der Waals surface area contributed by atoms with E-state index in [1.807, 2.05) is 0 Å². The van der Waals surface area contributed by atoms with Gasteiger partial charge in [0.1, 0.15) is 5.82 Å². The van der Waals surface area contributed by atoms with Crippen LogP contribution in [0.15, 0.2) is 59.5 Å². The van der Waals surface area contributed by atoms with Gasteiger partial charge in [0.2, 0.25) is 15.9 Å². The maximum atomic E-state index is 13.3. The van der Waals surface area contributed by atoms with Crippen LogP contribution in [0.25, 0.3) is 6.08 Å². The van der Waals surface area contributed by atoms with E-state index >= 15 is 0 Å². The Bertz CT molecular complexity index is 953. The summed E-state index contributed by atoms with van der Waals surface area (Å²) in [6.07, 6.45) is 3.15. The number of amides is 1. The standard InChI is InChI=1S/C19H18ClFN2O3S/c20-16-7-4-15(5-8-16)6-9-19(24)22-10-12-23(13-11-22)27(25,26)18-3-1-2-17(21)14-18/h1-9,14H,10-13H2/b9-6+. The zero-order valence-corrected chi connectivity index (χ0v) is 16.0. The van der Waals surface area contributed by atoms with Gasteiger partial charge in [-0.2, -0.15) is 4.31 Å². The molecule has 27 heavy (non-hydrogen) atoms. The Morgan fingerprint density at radius 2 is 1.70 bits per heavy atom. The van der Waals surface area contributed by atoms with Crippen molar-refractivity contribution in [1.82, 2.24) is 9.21 Å². The van der Waals surface area contributed by atoms with E-state index in [-0.39, 0.29) is 37.0 Å². The predicted octanol–water partition coefficient (Wildman–Crippen LogP) is 3.03. The van der Waals surface area contributed by atoms with Crippen molar-refractivity contribution in [2.75, 3.05) is 26.2 Å². The van der Waals surface area contributed by atoms with Crippen LogP contribution in [0, 0.1) is 5.82 Å². The minimum absolute atomic E-state index is 0.0788. The molecule has 2 aromatic carbocycles. The van der Waals surface area contributed by atoms with Crippen LogP contribution in [-0.4, -0.2) is 49.7 Å². The lowest BCUT2D eigenvalue weighted by atomic mass is 10.2. The Balaban J connectivity index is 1.61. The van der Waals surface area contributed by atoms with Gasteiger partial charge in [-0.1, -0.05) is 29.8 Å². The second kappa shape index (κ2) is 8.21. The minimum Gasteiger partial charge on any atom is -0.337 e. The van der Waals surface area contributed by atoms with Crippen LogP contribution >= 0.6 is 11.6 Å². The van der Waals surface area contributed by atoms with E-state index in [1.54, 1.807) is 35.2 Å². The molecule has 1 saturated heterocycles. The molecule has 0 unspecified atom stereocenters. The average Bonchev–Trinajstić information content (AvgIpc) is 2.67. The molecular weight excluding hydrogens is 391 g/mol. The smallest absolute Gasteiger partial charge is 0.246 e. The van der Waals surface area contributed by atoms with Crippen LogP contribution in [0.3, 0.4) is 0 Å². The van der Waals surface area contributed by atoms with Crippen LogP contribution in [-0.2, 0) is 14.8 Å². The molecule has 2 aromatic rings. The normalized spacial score (nSPS) is 16.0.